The van der Waals surface area contributed by atoms with Crippen LogP contribution in [0.1, 0.15) is 15.9 Å². The molecule has 2 aromatic heterocycles. The van der Waals surface area contributed by atoms with Gasteiger partial charge in [0, 0.05) is 22.8 Å². The van der Waals surface area contributed by atoms with E-state index < -0.39 is 0 Å². The average molecular weight is 332 g/mol. The Labute approximate surface area is 144 Å². The Hall–Kier alpha value is -2.72. The number of carbonyl (C=O) groups is 1. The second-order valence-electron chi connectivity index (χ2n) is 5.64. The minimum atomic E-state index is -0.0705. The molecular weight excluding hydrogens is 316 g/mol. The quantitative estimate of drug-likeness (QED) is 0.601. The van der Waals surface area contributed by atoms with Crippen LogP contribution in [0.25, 0.3) is 21.0 Å². The van der Waals surface area contributed by atoms with Gasteiger partial charge in [0.25, 0.3) is 5.91 Å². The molecule has 0 aliphatic heterocycles. The van der Waals surface area contributed by atoms with E-state index in [-0.39, 0.29) is 5.91 Å². The maximum atomic E-state index is 12.5. The van der Waals surface area contributed by atoms with Gasteiger partial charge in [0.1, 0.15) is 0 Å². The fourth-order valence-corrected chi connectivity index (χ4v) is 3.92. The molecule has 3 nitrogen and oxygen atoms in total. The smallest absolute Gasteiger partial charge is 0.253 e. The van der Waals surface area contributed by atoms with Crippen molar-refractivity contribution in [2.75, 3.05) is 6.54 Å². The molecule has 0 spiro atoms. The van der Waals surface area contributed by atoms with Gasteiger partial charge in [-0.15, -0.1) is 11.3 Å². The third-order valence-electron chi connectivity index (χ3n) is 4.12. The van der Waals surface area contributed by atoms with Crippen molar-refractivity contribution in [1.82, 2.24) is 10.3 Å². The number of benzene rings is 2. The summed E-state index contributed by atoms with van der Waals surface area (Å²) in [6.45, 7) is 0.614. The molecule has 0 radical (unpaired) electrons. The van der Waals surface area contributed by atoms with E-state index in [0.29, 0.717) is 12.1 Å². The molecule has 4 aromatic rings. The molecule has 24 heavy (non-hydrogen) atoms. The van der Waals surface area contributed by atoms with Crippen molar-refractivity contribution in [2.24, 2.45) is 0 Å². The highest BCUT2D eigenvalue weighted by Crippen LogP contribution is 2.25. The normalized spacial score (nSPS) is 11.0. The van der Waals surface area contributed by atoms with Crippen molar-refractivity contribution in [3.8, 4) is 0 Å². The first-order chi connectivity index (χ1) is 11.8. The Bertz CT molecular complexity index is 1020. The number of carbonyl (C=O) groups excluding carboxylic acids is 1. The average Bonchev–Trinajstić information content (AvgIpc) is 3.04. The van der Waals surface area contributed by atoms with Crippen LogP contribution in [0.3, 0.4) is 0 Å². The maximum absolute atomic E-state index is 12.5. The highest BCUT2D eigenvalue weighted by Gasteiger charge is 2.10. The number of rotatable bonds is 4. The number of hydrogen-bond acceptors (Lipinski definition) is 3. The Morgan fingerprint density at radius 1 is 1.04 bits per heavy atom. The molecule has 0 fully saturated rings. The van der Waals surface area contributed by atoms with Crippen molar-refractivity contribution < 1.29 is 4.79 Å². The molecule has 4 heteroatoms. The Morgan fingerprint density at radius 2 is 1.92 bits per heavy atom. The van der Waals surface area contributed by atoms with Crippen molar-refractivity contribution in [2.45, 2.75) is 6.42 Å². The van der Waals surface area contributed by atoms with Crippen LogP contribution in [0.15, 0.2) is 66.2 Å². The number of aromatic nitrogens is 1. The number of fused-ring (bicyclic) bond motifs is 2. The number of nitrogens with one attached hydrogen (secondary N) is 1. The third kappa shape index (κ3) is 2.76. The van der Waals surface area contributed by atoms with Crippen molar-refractivity contribution in [3.63, 3.8) is 0 Å². The maximum Gasteiger partial charge on any atom is 0.253 e. The van der Waals surface area contributed by atoms with Crippen molar-refractivity contribution in [1.29, 1.82) is 0 Å². The highest BCUT2D eigenvalue weighted by molar-refractivity contribution is 7.17. The van der Waals surface area contributed by atoms with Crippen LogP contribution in [0, 0.1) is 0 Å². The van der Waals surface area contributed by atoms with Crippen LogP contribution in [-0.2, 0) is 6.42 Å². The molecule has 0 unspecified atom stereocenters. The molecule has 0 aliphatic carbocycles. The van der Waals surface area contributed by atoms with Gasteiger partial charge >= 0.3 is 0 Å². The summed E-state index contributed by atoms with van der Waals surface area (Å²) < 4.78 is 1.29. The molecular formula is C20H16N2OS. The summed E-state index contributed by atoms with van der Waals surface area (Å²) in [5.74, 6) is -0.0705. The summed E-state index contributed by atoms with van der Waals surface area (Å²) >= 11 is 1.75. The monoisotopic (exact) mass is 332 g/mol. The number of nitrogens with zero attached hydrogens (tertiary/aromatic N) is 1. The van der Waals surface area contributed by atoms with Gasteiger partial charge in [0.05, 0.1) is 11.1 Å². The lowest BCUT2D eigenvalue weighted by molar-refractivity contribution is 0.0955. The molecule has 118 valence electrons. The lowest BCUT2D eigenvalue weighted by Crippen LogP contribution is -2.26. The molecule has 0 bridgehead atoms. The first kappa shape index (κ1) is 14.8. The summed E-state index contributed by atoms with van der Waals surface area (Å²) in [5, 5.41) is 7.46. The molecule has 1 N–H and O–H groups in total. The molecule has 0 saturated heterocycles. The summed E-state index contributed by atoms with van der Waals surface area (Å²) in [6, 6.07) is 17.9. The van der Waals surface area contributed by atoms with E-state index in [0.717, 1.165) is 17.3 Å². The van der Waals surface area contributed by atoms with E-state index in [2.05, 4.69) is 39.9 Å². The second-order valence-corrected chi connectivity index (χ2v) is 6.55. The van der Waals surface area contributed by atoms with Gasteiger partial charge in [-0.05, 0) is 40.9 Å². The van der Waals surface area contributed by atoms with E-state index in [1.165, 1.54) is 15.6 Å². The van der Waals surface area contributed by atoms with Gasteiger partial charge in [-0.2, -0.15) is 0 Å². The number of amides is 1. The fourth-order valence-electron chi connectivity index (χ4n) is 2.92. The Morgan fingerprint density at radius 3 is 2.88 bits per heavy atom. The van der Waals surface area contributed by atoms with Gasteiger partial charge < -0.3 is 5.32 Å². The topological polar surface area (TPSA) is 42.0 Å². The Kier molecular flexibility index (Phi) is 3.97. The van der Waals surface area contributed by atoms with Gasteiger partial charge in [0.15, 0.2) is 0 Å². The molecule has 0 saturated carbocycles. The highest BCUT2D eigenvalue weighted by atomic mass is 32.1. The predicted octanol–water partition coefficient (Wildman–Crippen LogP) is 4.42. The Balaban J connectivity index is 1.48. The van der Waals surface area contributed by atoms with Crippen LogP contribution < -0.4 is 5.32 Å². The van der Waals surface area contributed by atoms with Crippen molar-refractivity contribution >= 4 is 38.2 Å². The minimum Gasteiger partial charge on any atom is -0.352 e. The number of para-hydroxylation sites is 1. The summed E-state index contributed by atoms with van der Waals surface area (Å²) in [5.41, 5.74) is 2.66. The van der Waals surface area contributed by atoms with Crippen LogP contribution in [0.5, 0.6) is 0 Å². The zero-order valence-electron chi connectivity index (χ0n) is 13.0. The van der Waals surface area contributed by atoms with Crippen LogP contribution in [0.2, 0.25) is 0 Å². The van der Waals surface area contributed by atoms with Crippen molar-refractivity contribution in [3.05, 3.63) is 77.3 Å². The number of pyridine rings is 1. The van der Waals surface area contributed by atoms with Crippen LogP contribution in [-0.4, -0.2) is 17.4 Å². The fraction of sp³-hybridized carbons (Fsp3) is 0.100. The van der Waals surface area contributed by atoms with E-state index in [4.69, 9.17) is 0 Å². The summed E-state index contributed by atoms with van der Waals surface area (Å²) in [4.78, 5) is 16.8. The van der Waals surface area contributed by atoms with Gasteiger partial charge in [-0.1, -0.05) is 36.4 Å². The molecule has 0 aliphatic rings. The third-order valence-corrected chi connectivity index (χ3v) is 5.13. The molecule has 0 atom stereocenters. The molecule has 1 amide bonds. The zero-order valence-corrected chi connectivity index (χ0v) is 13.8. The standard InChI is InChI=1S/C20H16N2OS/c23-20(17-8-3-5-14-6-4-11-21-19(14)17)22-12-10-15-13-24-18-9-2-1-7-16(15)18/h1-9,11,13H,10,12H2,(H,22,23). The van der Waals surface area contributed by atoms with Gasteiger partial charge in [-0.3, -0.25) is 9.78 Å². The van der Waals surface area contributed by atoms with Crippen LogP contribution in [0.4, 0.5) is 0 Å². The first-order valence-electron chi connectivity index (χ1n) is 7.90. The second kappa shape index (κ2) is 6.42. The summed E-state index contributed by atoms with van der Waals surface area (Å²) in [6.07, 6.45) is 2.55. The van der Waals surface area contributed by atoms with E-state index >= 15 is 0 Å². The summed E-state index contributed by atoms with van der Waals surface area (Å²) in [7, 11) is 0. The molecule has 2 heterocycles. The largest absolute Gasteiger partial charge is 0.352 e. The zero-order chi connectivity index (χ0) is 16.4. The van der Waals surface area contributed by atoms with Gasteiger partial charge in [0.2, 0.25) is 0 Å². The SMILES string of the molecule is O=C(NCCc1csc2ccccc12)c1cccc2cccnc12. The predicted molar refractivity (Wildman–Crippen MR) is 99.6 cm³/mol. The van der Waals surface area contributed by atoms with E-state index in [1.54, 1.807) is 17.5 Å². The molecule has 2 aromatic carbocycles. The van der Waals surface area contributed by atoms with E-state index in [1.807, 2.05) is 30.3 Å². The number of hydrogen-bond donors (Lipinski definition) is 1. The van der Waals surface area contributed by atoms with Crippen LogP contribution >= 0.6 is 11.3 Å². The van der Waals surface area contributed by atoms with E-state index in [9.17, 15) is 4.79 Å². The minimum absolute atomic E-state index is 0.0705. The first-order valence-corrected chi connectivity index (χ1v) is 8.78. The van der Waals surface area contributed by atoms with Gasteiger partial charge in [-0.25, -0.2) is 0 Å². The molecule has 4 rings (SSSR count). The lowest BCUT2D eigenvalue weighted by atomic mass is 10.1. The lowest BCUT2D eigenvalue weighted by Gasteiger charge is -2.07. The number of thiophene rings is 1.